The van der Waals surface area contributed by atoms with Gasteiger partial charge in [0.25, 0.3) is 0 Å². The maximum Gasteiger partial charge on any atom is 0.145 e. The van der Waals surface area contributed by atoms with E-state index in [9.17, 15) is 0 Å². The van der Waals surface area contributed by atoms with Gasteiger partial charge in [-0.1, -0.05) is 27.7 Å². The molecule has 0 aliphatic heterocycles. The Morgan fingerprint density at radius 2 is 1.78 bits per heavy atom. The molecule has 1 aromatic rings. The number of hydrogen-bond donors (Lipinski definition) is 2. The van der Waals surface area contributed by atoms with Crippen LogP contribution in [0.2, 0.25) is 0 Å². The molecule has 1 atom stereocenters. The Kier molecular flexibility index (Phi) is 5.38. The van der Waals surface area contributed by atoms with Gasteiger partial charge in [-0.15, -0.1) is 0 Å². The molecule has 5 heteroatoms. The Morgan fingerprint density at radius 3 is 2.28 bits per heavy atom. The molecule has 18 heavy (non-hydrogen) atoms. The summed E-state index contributed by atoms with van der Waals surface area (Å²) in [7, 11) is 0. The molecule has 1 rings (SSSR count). The Bertz CT molecular complexity index is 387. The topological polar surface area (TPSA) is 49.8 Å². The van der Waals surface area contributed by atoms with Crippen molar-refractivity contribution in [1.82, 2.24) is 9.97 Å². The highest BCUT2D eigenvalue weighted by atomic mass is 79.9. The van der Waals surface area contributed by atoms with E-state index in [-0.39, 0.29) is 5.41 Å². The van der Waals surface area contributed by atoms with Crippen molar-refractivity contribution in [2.24, 2.45) is 11.3 Å². The molecule has 0 amide bonds. The van der Waals surface area contributed by atoms with Crippen molar-refractivity contribution in [3.05, 3.63) is 10.8 Å². The Hall–Kier alpha value is -0.840. The Labute approximate surface area is 118 Å². The first-order valence-electron chi connectivity index (χ1n) is 6.34. The van der Waals surface area contributed by atoms with Crippen LogP contribution in [-0.2, 0) is 0 Å². The minimum absolute atomic E-state index is 0.289. The highest BCUT2D eigenvalue weighted by molar-refractivity contribution is 9.10. The molecule has 0 aromatic carbocycles. The standard InChI is InChI=1S/C13H23BrN4/c1-6-15-11-10(14)12(18-8-17-11)16-7-9(2)13(3,4)5/h8-9H,6-7H2,1-5H3,(H2,15,16,17,18). The average molecular weight is 315 g/mol. The number of anilines is 2. The summed E-state index contributed by atoms with van der Waals surface area (Å²) in [6.45, 7) is 12.8. The van der Waals surface area contributed by atoms with Crippen LogP contribution >= 0.6 is 15.9 Å². The molecule has 4 nitrogen and oxygen atoms in total. The molecule has 0 radical (unpaired) electrons. The fraction of sp³-hybridized carbons (Fsp3) is 0.692. The van der Waals surface area contributed by atoms with Gasteiger partial charge < -0.3 is 10.6 Å². The second-order valence-corrected chi connectivity index (χ2v) is 6.36. The first-order valence-corrected chi connectivity index (χ1v) is 7.13. The third-order valence-electron chi connectivity index (χ3n) is 3.19. The van der Waals surface area contributed by atoms with E-state index in [0.717, 1.165) is 29.2 Å². The molecule has 0 saturated carbocycles. The lowest BCUT2D eigenvalue weighted by molar-refractivity contribution is 0.274. The summed E-state index contributed by atoms with van der Waals surface area (Å²) in [4.78, 5) is 8.46. The van der Waals surface area contributed by atoms with Gasteiger partial charge in [-0.25, -0.2) is 9.97 Å². The van der Waals surface area contributed by atoms with E-state index < -0.39 is 0 Å². The van der Waals surface area contributed by atoms with Gasteiger partial charge in [-0.2, -0.15) is 0 Å². The fourth-order valence-corrected chi connectivity index (χ4v) is 1.82. The number of rotatable bonds is 5. The van der Waals surface area contributed by atoms with Crippen molar-refractivity contribution in [3.63, 3.8) is 0 Å². The van der Waals surface area contributed by atoms with Gasteiger partial charge in [0.1, 0.15) is 22.4 Å². The highest BCUT2D eigenvalue weighted by Gasteiger charge is 2.20. The quantitative estimate of drug-likeness (QED) is 0.868. The third kappa shape index (κ3) is 4.12. The summed E-state index contributed by atoms with van der Waals surface area (Å²) in [5.74, 6) is 2.23. The zero-order valence-corrected chi connectivity index (χ0v) is 13.4. The molecular weight excluding hydrogens is 292 g/mol. The van der Waals surface area contributed by atoms with Crippen LogP contribution < -0.4 is 10.6 Å². The minimum atomic E-state index is 0.289. The second kappa shape index (κ2) is 6.36. The van der Waals surface area contributed by atoms with E-state index in [1.54, 1.807) is 6.33 Å². The van der Waals surface area contributed by atoms with E-state index in [4.69, 9.17) is 0 Å². The van der Waals surface area contributed by atoms with E-state index in [0.29, 0.717) is 5.92 Å². The van der Waals surface area contributed by atoms with Crippen LogP contribution in [0.1, 0.15) is 34.6 Å². The van der Waals surface area contributed by atoms with Gasteiger partial charge in [-0.05, 0) is 34.2 Å². The largest absolute Gasteiger partial charge is 0.369 e. The lowest BCUT2D eigenvalue weighted by atomic mass is 9.82. The maximum absolute atomic E-state index is 4.27. The van der Waals surface area contributed by atoms with Crippen LogP contribution in [0.3, 0.4) is 0 Å². The number of nitrogens with zero attached hydrogens (tertiary/aromatic N) is 2. The van der Waals surface area contributed by atoms with Crippen LogP contribution in [0.4, 0.5) is 11.6 Å². The second-order valence-electron chi connectivity index (χ2n) is 5.56. The Morgan fingerprint density at radius 1 is 1.22 bits per heavy atom. The molecule has 0 fully saturated rings. The van der Waals surface area contributed by atoms with Crippen molar-refractivity contribution in [2.75, 3.05) is 23.7 Å². The van der Waals surface area contributed by atoms with E-state index in [2.05, 4.69) is 64.2 Å². The van der Waals surface area contributed by atoms with Crippen LogP contribution in [0, 0.1) is 11.3 Å². The number of aromatic nitrogens is 2. The van der Waals surface area contributed by atoms with Crippen molar-refractivity contribution in [3.8, 4) is 0 Å². The van der Waals surface area contributed by atoms with Crippen molar-refractivity contribution in [1.29, 1.82) is 0 Å². The minimum Gasteiger partial charge on any atom is -0.369 e. The zero-order chi connectivity index (χ0) is 13.8. The number of hydrogen-bond acceptors (Lipinski definition) is 4. The van der Waals surface area contributed by atoms with E-state index >= 15 is 0 Å². The SMILES string of the molecule is CCNc1ncnc(NCC(C)C(C)(C)C)c1Br. The summed E-state index contributed by atoms with van der Waals surface area (Å²) in [6.07, 6.45) is 1.58. The molecule has 0 saturated heterocycles. The van der Waals surface area contributed by atoms with Crippen molar-refractivity contribution >= 4 is 27.6 Å². The summed E-state index contributed by atoms with van der Waals surface area (Å²) in [6, 6.07) is 0. The van der Waals surface area contributed by atoms with Gasteiger partial charge in [0.2, 0.25) is 0 Å². The van der Waals surface area contributed by atoms with E-state index in [1.165, 1.54) is 0 Å². The lowest BCUT2D eigenvalue weighted by Gasteiger charge is -2.27. The lowest BCUT2D eigenvalue weighted by Crippen LogP contribution is -2.25. The first-order chi connectivity index (χ1) is 8.36. The first kappa shape index (κ1) is 15.2. The Balaban J connectivity index is 2.71. The zero-order valence-electron chi connectivity index (χ0n) is 11.8. The fourth-order valence-electron chi connectivity index (χ4n) is 1.34. The van der Waals surface area contributed by atoms with Gasteiger partial charge in [0.05, 0.1) is 0 Å². The molecule has 0 aliphatic rings. The van der Waals surface area contributed by atoms with Gasteiger partial charge in [0, 0.05) is 13.1 Å². The number of nitrogens with one attached hydrogen (secondary N) is 2. The highest BCUT2D eigenvalue weighted by Crippen LogP contribution is 2.29. The molecule has 0 bridgehead atoms. The predicted molar refractivity (Wildman–Crippen MR) is 81.0 cm³/mol. The van der Waals surface area contributed by atoms with Crippen molar-refractivity contribution < 1.29 is 0 Å². The van der Waals surface area contributed by atoms with Gasteiger partial charge >= 0.3 is 0 Å². The maximum atomic E-state index is 4.27. The molecule has 2 N–H and O–H groups in total. The van der Waals surface area contributed by atoms with Crippen LogP contribution in [0.15, 0.2) is 10.8 Å². The van der Waals surface area contributed by atoms with Gasteiger partial charge in [0.15, 0.2) is 0 Å². The summed E-state index contributed by atoms with van der Waals surface area (Å²) in [5.41, 5.74) is 0.289. The van der Waals surface area contributed by atoms with Crippen LogP contribution in [-0.4, -0.2) is 23.1 Å². The summed E-state index contributed by atoms with van der Waals surface area (Å²) >= 11 is 3.53. The molecular formula is C13H23BrN4. The molecule has 1 heterocycles. The molecule has 1 unspecified atom stereocenters. The predicted octanol–water partition coefficient (Wildman–Crippen LogP) is 3.77. The third-order valence-corrected chi connectivity index (χ3v) is 3.94. The molecule has 0 spiro atoms. The van der Waals surface area contributed by atoms with E-state index in [1.807, 2.05) is 6.92 Å². The molecule has 102 valence electrons. The number of halogens is 1. The smallest absolute Gasteiger partial charge is 0.145 e. The van der Waals surface area contributed by atoms with Crippen LogP contribution in [0.25, 0.3) is 0 Å². The monoisotopic (exact) mass is 314 g/mol. The van der Waals surface area contributed by atoms with Crippen molar-refractivity contribution in [2.45, 2.75) is 34.6 Å². The molecule has 0 aliphatic carbocycles. The molecule has 1 aromatic heterocycles. The summed E-state index contributed by atoms with van der Waals surface area (Å²) < 4.78 is 0.896. The summed E-state index contributed by atoms with van der Waals surface area (Å²) in [5, 5.41) is 6.58. The normalized spacial score (nSPS) is 13.2. The van der Waals surface area contributed by atoms with Gasteiger partial charge in [-0.3, -0.25) is 0 Å². The van der Waals surface area contributed by atoms with Crippen LogP contribution in [0.5, 0.6) is 0 Å². The average Bonchev–Trinajstić information content (AvgIpc) is 2.29.